The van der Waals surface area contributed by atoms with E-state index in [2.05, 4.69) is 63.3 Å². The molecule has 4 aromatic rings. The lowest BCUT2D eigenvalue weighted by Gasteiger charge is -2.39. The molecule has 0 radical (unpaired) electrons. The first-order valence-electron chi connectivity index (χ1n) is 12.2. The molecule has 1 aliphatic rings. The summed E-state index contributed by atoms with van der Waals surface area (Å²) in [6.07, 6.45) is -2.75. The molecule has 0 aliphatic carbocycles. The maximum atomic E-state index is 13.2. The van der Waals surface area contributed by atoms with Gasteiger partial charge in [0, 0.05) is 44.1 Å². The van der Waals surface area contributed by atoms with Crippen LogP contribution in [0.15, 0.2) is 91.3 Å². The third kappa shape index (κ3) is 5.22. The molecule has 1 aliphatic heterocycles. The lowest BCUT2D eigenvalue weighted by Crippen LogP contribution is -2.47. The Kier molecular flexibility index (Phi) is 6.94. The van der Waals surface area contributed by atoms with Gasteiger partial charge in [0.2, 0.25) is 0 Å². The first-order valence-corrected chi connectivity index (χ1v) is 12.2. The van der Waals surface area contributed by atoms with Crippen LogP contribution in [0.4, 0.5) is 13.2 Å². The lowest BCUT2D eigenvalue weighted by atomic mass is 9.96. The number of aromatic nitrogens is 2. The average molecular weight is 491 g/mol. The molecule has 0 unspecified atom stereocenters. The van der Waals surface area contributed by atoms with Gasteiger partial charge in [-0.1, -0.05) is 66.7 Å². The SMILES string of the molecule is Cc1c(CN2CCN(C(c3ccccc3)c3ccccc3)CC2)ncn1-c1cccc(C(F)(F)F)c1. The van der Waals surface area contributed by atoms with Crippen molar-refractivity contribution < 1.29 is 13.2 Å². The van der Waals surface area contributed by atoms with Gasteiger partial charge in [-0.05, 0) is 36.2 Å². The van der Waals surface area contributed by atoms with Crippen molar-refractivity contribution in [3.8, 4) is 5.69 Å². The van der Waals surface area contributed by atoms with Gasteiger partial charge in [-0.3, -0.25) is 9.80 Å². The van der Waals surface area contributed by atoms with Crippen molar-refractivity contribution >= 4 is 0 Å². The summed E-state index contributed by atoms with van der Waals surface area (Å²) in [5.41, 5.74) is 4.14. The summed E-state index contributed by atoms with van der Waals surface area (Å²) in [7, 11) is 0. The summed E-state index contributed by atoms with van der Waals surface area (Å²) in [5.74, 6) is 0. The molecule has 1 fully saturated rings. The van der Waals surface area contributed by atoms with Crippen molar-refractivity contribution in [2.75, 3.05) is 26.2 Å². The Bertz CT molecular complexity index is 1240. The predicted molar refractivity (Wildman–Crippen MR) is 135 cm³/mol. The zero-order valence-corrected chi connectivity index (χ0v) is 20.2. The van der Waals surface area contributed by atoms with Crippen molar-refractivity contribution in [2.45, 2.75) is 25.7 Å². The molecule has 0 N–H and O–H groups in total. The van der Waals surface area contributed by atoms with Crippen LogP contribution in [0, 0.1) is 6.92 Å². The van der Waals surface area contributed by atoms with Crippen molar-refractivity contribution in [1.29, 1.82) is 0 Å². The number of imidazole rings is 1. The first kappa shape index (κ1) is 24.3. The number of halogens is 3. The number of nitrogens with zero attached hydrogens (tertiary/aromatic N) is 4. The summed E-state index contributed by atoms with van der Waals surface area (Å²) in [6, 6.07) is 26.8. The van der Waals surface area contributed by atoms with Crippen LogP contribution in [-0.2, 0) is 12.7 Å². The number of hydrogen-bond donors (Lipinski definition) is 0. The molecule has 5 rings (SSSR count). The Morgan fingerprint density at radius 1 is 0.806 bits per heavy atom. The van der Waals surface area contributed by atoms with E-state index in [4.69, 9.17) is 0 Å². The summed E-state index contributed by atoms with van der Waals surface area (Å²) >= 11 is 0. The van der Waals surface area contributed by atoms with Gasteiger partial charge in [-0.15, -0.1) is 0 Å². The Balaban J connectivity index is 1.28. The predicted octanol–water partition coefficient (Wildman–Crippen LogP) is 6.11. The van der Waals surface area contributed by atoms with Gasteiger partial charge in [0.05, 0.1) is 23.6 Å². The zero-order valence-electron chi connectivity index (χ0n) is 20.2. The van der Waals surface area contributed by atoms with Gasteiger partial charge in [0.25, 0.3) is 0 Å². The minimum Gasteiger partial charge on any atom is -0.303 e. The highest BCUT2D eigenvalue weighted by molar-refractivity contribution is 5.39. The summed E-state index contributed by atoms with van der Waals surface area (Å²) < 4.78 is 41.2. The highest BCUT2D eigenvalue weighted by Crippen LogP contribution is 2.31. The average Bonchev–Trinajstić information content (AvgIpc) is 3.26. The van der Waals surface area contributed by atoms with Crippen molar-refractivity contribution in [2.24, 2.45) is 0 Å². The standard InChI is InChI=1S/C29H29F3N4/c1-22-27(33-21-36(22)26-14-8-13-25(19-26)29(30,31)32)20-34-15-17-35(18-16-34)28(23-9-4-2-5-10-23)24-11-6-3-7-12-24/h2-14,19,21,28H,15-18,20H2,1H3. The molecule has 36 heavy (non-hydrogen) atoms. The second-order valence-corrected chi connectivity index (χ2v) is 9.23. The van der Waals surface area contributed by atoms with E-state index in [1.54, 1.807) is 17.0 Å². The van der Waals surface area contributed by atoms with Gasteiger partial charge in [-0.2, -0.15) is 13.2 Å². The smallest absolute Gasteiger partial charge is 0.303 e. The van der Waals surface area contributed by atoms with Gasteiger partial charge < -0.3 is 4.57 Å². The Morgan fingerprint density at radius 3 is 2.00 bits per heavy atom. The van der Waals surface area contributed by atoms with Crippen LogP contribution in [0.1, 0.15) is 34.1 Å². The molecular weight excluding hydrogens is 461 g/mol. The van der Waals surface area contributed by atoms with Crippen molar-refractivity contribution in [3.05, 3.63) is 119 Å². The van der Waals surface area contributed by atoms with Crippen molar-refractivity contribution in [3.63, 3.8) is 0 Å². The van der Waals surface area contributed by atoms with E-state index in [9.17, 15) is 13.2 Å². The van der Waals surface area contributed by atoms with E-state index >= 15 is 0 Å². The molecule has 2 heterocycles. The first-order chi connectivity index (χ1) is 17.4. The highest BCUT2D eigenvalue weighted by Gasteiger charge is 2.31. The molecule has 4 nitrogen and oxygen atoms in total. The summed E-state index contributed by atoms with van der Waals surface area (Å²) in [5, 5.41) is 0. The van der Waals surface area contributed by atoms with E-state index in [1.165, 1.54) is 23.3 Å². The zero-order chi connectivity index (χ0) is 25.1. The fourth-order valence-corrected chi connectivity index (χ4v) is 4.97. The number of hydrogen-bond acceptors (Lipinski definition) is 3. The van der Waals surface area contributed by atoms with Crippen LogP contribution < -0.4 is 0 Å². The van der Waals surface area contributed by atoms with Crippen LogP contribution >= 0.6 is 0 Å². The second kappa shape index (κ2) is 10.3. The highest BCUT2D eigenvalue weighted by atomic mass is 19.4. The molecule has 0 spiro atoms. The van der Waals surface area contributed by atoms with Crippen LogP contribution in [0.2, 0.25) is 0 Å². The van der Waals surface area contributed by atoms with Gasteiger partial charge in [-0.25, -0.2) is 4.98 Å². The Morgan fingerprint density at radius 2 is 1.42 bits per heavy atom. The van der Waals surface area contributed by atoms with E-state index in [0.717, 1.165) is 43.6 Å². The van der Waals surface area contributed by atoms with E-state index in [1.807, 2.05) is 19.1 Å². The molecular formula is C29H29F3N4. The molecule has 186 valence electrons. The second-order valence-electron chi connectivity index (χ2n) is 9.23. The van der Waals surface area contributed by atoms with Gasteiger partial charge in [0.1, 0.15) is 0 Å². The molecule has 0 saturated carbocycles. The quantitative estimate of drug-likeness (QED) is 0.326. The van der Waals surface area contributed by atoms with Crippen molar-refractivity contribution in [1.82, 2.24) is 19.4 Å². The third-order valence-corrected chi connectivity index (χ3v) is 6.94. The normalized spacial score (nSPS) is 15.5. The molecule has 7 heteroatoms. The summed E-state index contributed by atoms with van der Waals surface area (Å²) in [4.78, 5) is 9.45. The number of rotatable bonds is 6. The Hall–Kier alpha value is -3.42. The minimum absolute atomic E-state index is 0.205. The fraction of sp³-hybridized carbons (Fsp3) is 0.276. The van der Waals surface area contributed by atoms with Crippen LogP contribution in [0.5, 0.6) is 0 Å². The topological polar surface area (TPSA) is 24.3 Å². The number of alkyl halides is 3. The molecule has 3 aromatic carbocycles. The van der Waals surface area contributed by atoms with Gasteiger partial charge >= 0.3 is 6.18 Å². The van der Waals surface area contributed by atoms with Gasteiger partial charge in [0.15, 0.2) is 0 Å². The maximum absolute atomic E-state index is 13.2. The summed E-state index contributed by atoms with van der Waals surface area (Å²) in [6.45, 7) is 6.22. The van der Waals surface area contributed by atoms with E-state index in [-0.39, 0.29) is 6.04 Å². The minimum atomic E-state index is -4.37. The molecule has 1 aromatic heterocycles. The van der Waals surface area contributed by atoms with Crippen LogP contribution in [0.25, 0.3) is 5.69 Å². The monoisotopic (exact) mass is 490 g/mol. The van der Waals surface area contributed by atoms with E-state index < -0.39 is 11.7 Å². The molecule has 1 saturated heterocycles. The Labute approximate surface area is 209 Å². The largest absolute Gasteiger partial charge is 0.416 e. The molecule has 0 atom stereocenters. The molecule has 0 bridgehead atoms. The van der Waals surface area contributed by atoms with Crippen LogP contribution in [-0.4, -0.2) is 45.5 Å². The van der Waals surface area contributed by atoms with Crippen LogP contribution in [0.3, 0.4) is 0 Å². The fourth-order valence-electron chi connectivity index (χ4n) is 4.97. The maximum Gasteiger partial charge on any atom is 0.416 e. The molecule has 0 amide bonds. The lowest BCUT2D eigenvalue weighted by molar-refractivity contribution is -0.137. The number of benzene rings is 3. The van der Waals surface area contributed by atoms with E-state index in [0.29, 0.717) is 12.2 Å². The number of piperazine rings is 1. The third-order valence-electron chi connectivity index (χ3n) is 6.94.